The highest BCUT2D eigenvalue weighted by Crippen LogP contribution is 2.33. The Hall–Kier alpha value is -0.910. The number of benzene rings is 2. The largest absolute Gasteiger partial charge is 0.456 e. The van der Waals surface area contributed by atoms with Gasteiger partial charge in [-0.3, -0.25) is 0 Å². The molecule has 0 heterocycles. The first-order valence-electron chi connectivity index (χ1n) is 5.66. The van der Waals surface area contributed by atoms with Gasteiger partial charge in [0.1, 0.15) is 17.3 Å². The molecule has 0 saturated heterocycles. The van der Waals surface area contributed by atoms with Crippen LogP contribution in [0.25, 0.3) is 0 Å². The molecule has 0 radical (unpaired) electrons. The van der Waals surface area contributed by atoms with E-state index >= 15 is 0 Å². The highest BCUT2D eigenvalue weighted by atomic mass is 79.9. The number of nitrogens with one attached hydrogen (secondary N) is 1. The van der Waals surface area contributed by atoms with E-state index in [0.29, 0.717) is 16.8 Å². The van der Waals surface area contributed by atoms with Crippen LogP contribution in [0.4, 0.5) is 4.39 Å². The predicted molar refractivity (Wildman–Crippen MR) is 81.1 cm³/mol. The molecule has 0 aromatic heterocycles. The number of halogens is 3. The molecule has 0 spiro atoms. The molecule has 0 fully saturated rings. The van der Waals surface area contributed by atoms with Gasteiger partial charge >= 0.3 is 0 Å². The summed E-state index contributed by atoms with van der Waals surface area (Å²) in [6, 6.07) is 10.1. The van der Waals surface area contributed by atoms with E-state index in [9.17, 15) is 4.39 Å². The summed E-state index contributed by atoms with van der Waals surface area (Å²) in [7, 11) is 1.87. The molecule has 2 aromatic rings. The van der Waals surface area contributed by atoms with Gasteiger partial charge in [0.2, 0.25) is 0 Å². The highest BCUT2D eigenvalue weighted by molar-refractivity contribution is 9.10. The lowest BCUT2D eigenvalue weighted by molar-refractivity contribution is 0.469. The van der Waals surface area contributed by atoms with Gasteiger partial charge in [-0.25, -0.2) is 4.39 Å². The molecule has 0 bridgehead atoms. The van der Waals surface area contributed by atoms with Gasteiger partial charge < -0.3 is 10.1 Å². The van der Waals surface area contributed by atoms with E-state index in [0.717, 1.165) is 15.8 Å². The Morgan fingerprint density at radius 1 is 1.11 bits per heavy atom. The number of ether oxygens (including phenoxy) is 1. The molecule has 0 aliphatic heterocycles. The third-order valence-corrected chi connectivity index (χ3v) is 3.62. The summed E-state index contributed by atoms with van der Waals surface area (Å²) in [6.45, 7) is 0.688. The van der Waals surface area contributed by atoms with Gasteiger partial charge in [-0.2, -0.15) is 0 Å². The molecule has 5 heteroatoms. The SMILES string of the molecule is CNCc1cc(Br)ccc1Oc1ccc(F)cc1Br. The highest BCUT2D eigenvalue weighted by Gasteiger charge is 2.08. The van der Waals surface area contributed by atoms with Crippen LogP contribution in [0.15, 0.2) is 45.3 Å². The van der Waals surface area contributed by atoms with Crippen molar-refractivity contribution < 1.29 is 9.13 Å². The molecule has 19 heavy (non-hydrogen) atoms. The zero-order valence-corrected chi connectivity index (χ0v) is 13.4. The van der Waals surface area contributed by atoms with Crippen molar-refractivity contribution in [3.05, 3.63) is 56.7 Å². The first kappa shape index (κ1) is 14.5. The maximum absolute atomic E-state index is 13.0. The summed E-state index contributed by atoms with van der Waals surface area (Å²) in [5.41, 5.74) is 1.02. The lowest BCUT2D eigenvalue weighted by atomic mass is 10.2. The molecule has 1 N–H and O–H groups in total. The third kappa shape index (κ3) is 3.78. The van der Waals surface area contributed by atoms with Crippen LogP contribution < -0.4 is 10.1 Å². The second kappa shape index (κ2) is 6.50. The van der Waals surface area contributed by atoms with E-state index in [2.05, 4.69) is 37.2 Å². The summed E-state index contributed by atoms with van der Waals surface area (Å²) in [4.78, 5) is 0. The molecule has 2 aromatic carbocycles. The quantitative estimate of drug-likeness (QED) is 0.807. The van der Waals surface area contributed by atoms with Crippen molar-refractivity contribution in [3.8, 4) is 11.5 Å². The fourth-order valence-corrected chi connectivity index (χ4v) is 2.49. The summed E-state index contributed by atoms with van der Waals surface area (Å²) in [5, 5.41) is 3.09. The smallest absolute Gasteiger partial charge is 0.141 e. The van der Waals surface area contributed by atoms with E-state index in [4.69, 9.17) is 4.74 Å². The van der Waals surface area contributed by atoms with Crippen molar-refractivity contribution in [2.24, 2.45) is 0 Å². The molecule has 0 saturated carbocycles. The van der Waals surface area contributed by atoms with Gasteiger partial charge in [0.05, 0.1) is 4.47 Å². The molecular weight excluding hydrogens is 377 g/mol. The van der Waals surface area contributed by atoms with Gasteiger partial charge in [0.15, 0.2) is 0 Å². The van der Waals surface area contributed by atoms with Crippen molar-refractivity contribution in [3.63, 3.8) is 0 Å². The van der Waals surface area contributed by atoms with Crippen molar-refractivity contribution >= 4 is 31.9 Å². The number of rotatable bonds is 4. The molecule has 0 unspecified atom stereocenters. The molecule has 0 amide bonds. The van der Waals surface area contributed by atoms with Crippen LogP contribution in [0.2, 0.25) is 0 Å². The standard InChI is InChI=1S/C14H12Br2FNO/c1-18-8-9-6-10(15)2-4-13(9)19-14-5-3-11(17)7-12(14)16/h2-7,18H,8H2,1H3. The van der Waals surface area contributed by atoms with Crippen molar-refractivity contribution in [2.75, 3.05) is 7.05 Å². The number of hydrogen-bond donors (Lipinski definition) is 1. The minimum absolute atomic E-state index is 0.300. The molecular formula is C14H12Br2FNO. The zero-order valence-electron chi connectivity index (χ0n) is 10.2. The second-order valence-electron chi connectivity index (χ2n) is 3.96. The van der Waals surface area contributed by atoms with E-state index in [-0.39, 0.29) is 5.82 Å². The average molecular weight is 389 g/mol. The van der Waals surface area contributed by atoms with Crippen LogP contribution >= 0.6 is 31.9 Å². The predicted octanol–water partition coefficient (Wildman–Crippen LogP) is 4.86. The monoisotopic (exact) mass is 387 g/mol. The maximum atomic E-state index is 13.0. The molecule has 0 aliphatic rings. The Kier molecular flexibility index (Phi) is 4.96. The van der Waals surface area contributed by atoms with Crippen LogP contribution in [-0.2, 0) is 6.54 Å². The third-order valence-electron chi connectivity index (χ3n) is 2.50. The lowest BCUT2D eigenvalue weighted by Gasteiger charge is -2.12. The minimum Gasteiger partial charge on any atom is -0.456 e. The fourth-order valence-electron chi connectivity index (χ4n) is 1.65. The Morgan fingerprint density at radius 2 is 1.84 bits per heavy atom. The normalized spacial score (nSPS) is 10.5. The Labute approximate surface area is 128 Å². The van der Waals surface area contributed by atoms with Crippen LogP contribution in [0.1, 0.15) is 5.56 Å². The van der Waals surface area contributed by atoms with E-state index in [1.165, 1.54) is 12.1 Å². The van der Waals surface area contributed by atoms with E-state index < -0.39 is 0 Å². The fraction of sp³-hybridized carbons (Fsp3) is 0.143. The Bertz CT molecular complexity index is 590. The van der Waals surface area contributed by atoms with Gasteiger partial charge in [0.25, 0.3) is 0 Å². The first-order valence-corrected chi connectivity index (χ1v) is 7.24. The van der Waals surface area contributed by atoms with Gasteiger partial charge in [-0.05, 0) is 59.4 Å². The van der Waals surface area contributed by atoms with Gasteiger partial charge in [-0.15, -0.1) is 0 Å². The topological polar surface area (TPSA) is 21.3 Å². The summed E-state index contributed by atoms with van der Waals surface area (Å²) in [5.74, 6) is 1.02. The summed E-state index contributed by atoms with van der Waals surface area (Å²) in [6.07, 6.45) is 0. The number of hydrogen-bond acceptors (Lipinski definition) is 2. The van der Waals surface area contributed by atoms with Gasteiger partial charge in [-0.1, -0.05) is 15.9 Å². The molecule has 0 aliphatic carbocycles. The maximum Gasteiger partial charge on any atom is 0.141 e. The molecule has 100 valence electrons. The van der Waals surface area contributed by atoms with Gasteiger partial charge in [0, 0.05) is 16.6 Å². The zero-order chi connectivity index (χ0) is 13.8. The van der Waals surface area contributed by atoms with Crippen LogP contribution in [0.5, 0.6) is 11.5 Å². The second-order valence-corrected chi connectivity index (χ2v) is 5.73. The van der Waals surface area contributed by atoms with Crippen molar-refractivity contribution in [2.45, 2.75) is 6.54 Å². The summed E-state index contributed by atoms with van der Waals surface area (Å²) >= 11 is 6.73. The molecule has 2 nitrogen and oxygen atoms in total. The van der Waals surface area contributed by atoms with Crippen LogP contribution in [0.3, 0.4) is 0 Å². The van der Waals surface area contributed by atoms with Crippen molar-refractivity contribution in [1.82, 2.24) is 5.32 Å². The average Bonchev–Trinajstić information content (AvgIpc) is 2.36. The Morgan fingerprint density at radius 3 is 2.53 bits per heavy atom. The van der Waals surface area contributed by atoms with Crippen LogP contribution in [-0.4, -0.2) is 7.05 Å². The van der Waals surface area contributed by atoms with Crippen molar-refractivity contribution in [1.29, 1.82) is 0 Å². The summed E-state index contributed by atoms with van der Waals surface area (Å²) < 4.78 is 20.4. The van der Waals surface area contributed by atoms with E-state index in [1.807, 2.05) is 25.2 Å². The Balaban J connectivity index is 2.32. The van der Waals surface area contributed by atoms with E-state index in [1.54, 1.807) is 6.07 Å². The lowest BCUT2D eigenvalue weighted by Crippen LogP contribution is -2.06. The molecule has 2 rings (SSSR count). The van der Waals surface area contributed by atoms with Crippen LogP contribution in [0, 0.1) is 5.82 Å². The molecule has 0 atom stereocenters. The minimum atomic E-state index is -0.300. The first-order chi connectivity index (χ1) is 9.10.